The molecule has 140 valence electrons. The van der Waals surface area contributed by atoms with Crippen molar-refractivity contribution in [3.8, 4) is 0 Å². The summed E-state index contributed by atoms with van der Waals surface area (Å²) in [6.07, 6.45) is 4.59. The molecule has 0 radical (unpaired) electrons. The Morgan fingerprint density at radius 2 is 2.00 bits per heavy atom. The summed E-state index contributed by atoms with van der Waals surface area (Å²) in [5.74, 6) is 0.575. The van der Waals surface area contributed by atoms with Gasteiger partial charge in [0.25, 0.3) is 0 Å². The van der Waals surface area contributed by atoms with E-state index in [2.05, 4.69) is 19.9 Å². The fraction of sp³-hybridized carbons (Fsp3) is 0.368. The lowest BCUT2D eigenvalue weighted by Gasteiger charge is -2.21. The zero-order valence-corrected chi connectivity index (χ0v) is 16.6. The minimum Gasteiger partial charge on any atom is -0.341 e. The molecule has 0 aliphatic carbocycles. The van der Waals surface area contributed by atoms with E-state index in [1.165, 1.54) is 11.8 Å². The molecule has 0 atom stereocenters. The number of nitrogens with zero attached hydrogens (tertiary/aromatic N) is 5. The lowest BCUT2D eigenvalue weighted by atomic mass is 10.3. The average molecular weight is 400 g/mol. The summed E-state index contributed by atoms with van der Waals surface area (Å²) in [6, 6.07) is 7.78. The molecular formula is C19H21N5OS2. The van der Waals surface area contributed by atoms with Gasteiger partial charge in [0.05, 0.1) is 29.5 Å². The van der Waals surface area contributed by atoms with Crippen LogP contribution < -0.4 is 0 Å². The third kappa shape index (κ3) is 4.82. The molecule has 8 heteroatoms. The number of benzene rings is 1. The number of amides is 1. The smallest absolute Gasteiger partial charge is 0.233 e. The van der Waals surface area contributed by atoms with Gasteiger partial charge in [0.15, 0.2) is 0 Å². The Kier molecular flexibility index (Phi) is 5.96. The number of thioether (sulfide) groups is 1. The second-order valence-corrected chi connectivity index (χ2v) is 8.40. The van der Waals surface area contributed by atoms with Crippen LogP contribution in [0.15, 0.2) is 47.1 Å². The van der Waals surface area contributed by atoms with E-state index in [0.717, 1.165) is 60.2 Å². The molecule has 0 N–H and O–H groups in total. The molecule has 3 heterocycles. The van der Waals surface area contributed by atoms with Crippen LogP contribution in [-0.2, 0) is 11.3 Å². The fourth-order valence-electron chi connectivity index (χ4n) is 3.14. The first-order valence-corrected chi connectivity index (χ1v) is 10.9. The molecule has 4 rings (SSSR count). The average Bonchev–Trinajstić information content (AvgIpc) is 3.10. The molecule has 3 aromatic rings. The second-order valence-electron chi connectivity index (χ2n) is 6.42. The van der Waals surface area contributed by atoms with Crippen molar-refractivity contribution >= 4 is 40.0 Å². The molecule has 0 bridgehead atoms. The van der Waals surface area contributed by atoms with Crippen LogP contribution in [-0.4, -0.2) is 62.6 Å². The van der Waals surface area contributed by atoms with Crippen LogP contribution >= 0.6 is 23.1 Å². The summed E-state index contributed by atoms with van der Waals surface area (Å²) in [6.45, 7) is 4.37. The largest absolute Gasteiger partial charge is 0.341 e. The number of thiazole rings is 1. The minimum atomic E-state index is 0.172. The molecule has 0 spiro atoms. The van der Waals surface area contributed by atoms with Crippen LogP contribution in [0.1, 0.15) is 11.4 Å². The Hall–Kier alpha value is -2.03. The van der Waals surface area contributed by atoms with Crippen LogP contribution in [0.5, 0.6) is 0 Å². The van der Waals surface area contributed by atoms with Crippen molar-refractivity contribution in [1.29, 1.82) is 0 Å². The first-order chi connectivity index (χ1) is 13.3. The zero-order chi connectivity index (χ0) is 18.5. The maximum absolute atomic E-state index is 12.6. The van der Waals surface area contributed by atoms with E-state index in [1.807, 2.05) is 40.7 Å². The van der Waals surface area contributed by atoms with E-state index < -0.39 is 0 Å². The highest BCUT2D eigenvalue weighted by Crippen LogP contribution is 2.19. The predicted molar refractivity (Wildman–Crippen MR) is 109 cm³/mol. The van der Waals surface area contributed by atoms with Crippen LogP contribution in [0, 0.1) is 0 Å². The molecular weight excluding hydrogens is 378 g/mol. The summed E-state index contributed by atoms with van der Waals surface area (Å²) in [5.41, 5.74) is 1.74. The number of hydrogen-bond acceptors (Lipinski definition) is 7. The summed E-state index contributed by atoms with van der Waals surface area (Å²) in [5, 5.41) is 3.94. The molecule has 0 saturated carbocycles. The highest BCUT2D eigenvalue weighted by atomic mass is 32.2. The molecule has 6 nitrogen and oxygen atoms in total. The first kappa shape index (κ1) is 18.3. The molecule has 1 aliphatic heterocycles. The Balaban J connectivity index is 1.30. The summed E-state index contributed by atoms with van der Waals surface area (Å²) < 4.78 is 0. The minimum absolute atomic E-state index is 0.172. The Morgan fingerprint density at radius 3 is 2.85 bits per heavy atom. The van der Waals surface area contributed by atoms with Gasteiger partial charge in [-0.15, -0.1) is 11.3 Å². The highest BCUT2D eigenvalue weighted by molar-refractivity contribution is 7.99. The maximum atomic E-state index is 12.6. The van der Waals surface area contributed by atoms with Crippen LogP contribution in [0.3, 0.4) is 0 Å². The molecule has 1 aromatic carbocycles. The predicted octanol–water partition coefficient (Wildman–Crippen LogP) is 2.91. The number of aromatic nitrogens is 3. The Labute approximate surface area is 166 Å². The number of carbonyl (C=O) groups is 1. The van der Waals surface area contributed by atoms with Gasteiger partial charge in [-0.25, -0.2) is 9.97 Å². The SMILES string of the molecule is O=C(CSc1cnc2ccccc2n1)N1CCCN(Cc2nccs2)CC1. The van der Waals surface area contributed by atoms with Gasteiger partial charge in [-0.1, -0.05) is 23.9 Å². The van der Waals surface area contributed by atoms with Crippen molar-refractivity contribution in [2.45, 2.75) is 18.0 Å². The monoisotopic (exact) mass is 399 g/mol. The Bertz CT molecular complexity index is 902. The lowest BCUT2D eigenvalue weighted by molar-refractivity contribution is -0.128. The van der Waals surface area contributed by atoms with E-state index in [9.17, 15) is 4.79 Å². The lowest BCUT2D eigenvalue weighted by Crippen LogP contribution is -2.36. The molecule has 27 heavy (non-hydrogen) atoms. The van der Waals surface area contributed by atoms with E-state index in [4.69, 9.17) is 0 Å². The second kappa shape index (κ2) is 8.77. The van der Waals surface area contributed by atoms with E-state index in [0.29, 0.717) is 5.75 Å². The fourth-order valence-corrected chi connectivity index (χ4v) is 4.54. The summed E-state index contributed by atoms with van der Waals surface area (Å²) in [4.78, 5) is 30.4. The molecule has 1 amide bonds. The number of hydrogen-bond donors (Lipinski definition) is 0. The standard InChI is InChI=1S/C19H21N5OS2/c25-19(14-27-17-12-21-15-4-1-2-5-16(15)22-17)24-8-3-7-23(9-10-24)13-18-20-6-11-26-18/h1-2,4-6,11-12H,3,7-10,13-14H2. The topological polar surface area (TPSA) is 62.2 Å². The number of para-hydroxylation sites is 2. The van der Waals surface area contributed by atoms with E-state index >= 15 is 0 Å². The Morgan fingerprint density at radius 1 is 1.11 bits per heavy atom. The first-order valence-electron chi connectivity index (χ1n) is 9.01. The third-order valence-electron chi connectivity index (χ3n) is 4.55. The van der Waals surface area contributed by atoms with E-state index in [1.54, 1.807) is 17.5 Å². The molecule has 1 saturated heterocycles. The van der Waals surface area contributed by atoms with Gasteiger partial charge in [-0.05, 0) is 18.6 Å². The van der Waals surface area contributed by atoms with Crippen molar-refractivity contribution < 1.29 is 4.79 Å². The normalized spacial score (nSPS) is 15.8. The van der Waals surface area contributed by atoms with Crippen molar-refractivity contribution in [3.05, 3.63) is 47.0 Å². The summed E-state index contributed by atoms with van der Waals surface area (Å²) >= 11 is 3.15. The molecule has 0 unspecified atom stereocenters. The zero-order valence-electron chi connectivity index (χ0n) is 15.0. The van der Waals surface area contributed by atoms with Crippen molar-refractivity contribution in [1.82, 2.24) is 24.8 Å². The van der Waals surface area contributed by atoms with Crippen molar-refractivity contribution in [3.63, 3.8) is 0 Å². The van der Waals surface area contributed by atoms with Gasteiger partial charge in [-0.3, -0.25) is 14.7 Å². The van der Waals surface area contributed by atoms with E-state index in [-0.39, 0.29) is 5.91 Å². The van der Waals surface area contributed by atoms with Gasteiger partial charge in [0.2, 0.25) is 5.91 Å². The maximum Gasteiger partial charge on any atom is 0.233 e. The van der Waals surface area contributed by atoms with Gasteiger partial charge >= 0.3 is 0 Å². The number of fused-ring (bicyclic) bond motifs is 1. The van der Waals surface area contributed by atoms with Gasteiger partial charge in [0.1, 0.15) is 10.0 Å². The van der Waals surface area contributed by atoms with Gasteiger partial charge in [0, 0.05) is 37.8 Å². The van der Waals surface area contributed by atoms with Gasteiger partial charge in [-0.2, -0.15) is 0 Å². The van der Waals surface area contributed by atoms with Crippen molar-refractivity contribution in [2.24, 2.45) is 0 Å². The van der Waals surface area contributed by atoms with Crippen LogP contribution in [0.4, 0.5) is 0 Å². The van der Waals surface area contributed by atoms with Crippen LogP contribution in [0.2, 0.25) is 0 Å². The van der Waals surface area contributed by atoms with Crippen molar-refractivity contribution in [2.75, 3.05) is 31.9 Å². The molecule has 2 aromatic heterocycles. The molecule has 1 fully saturated rings. The third-order valence-corrected chi connectivity index (χ3v) is 6.20. The quantitative estimate of drug-likeness (QED) is 0.615. The van der Waals surface area contributed by atoms with Gasteiger partial charge < -0.3 is 4.90 Å². The molecule has 1 aliphatic rings. The van der Waals surface area contributed by atoms with Crippen LogP contribution in [0.25, 0.3) is 11.0 Å². The number of carbonyl (C=O) groups excluding carboxylic acids is 1. The summed E-state index contributed by atoms with van der Waals surface area (Å²) in [7, 11) is 0. The number of rotatable bonds is 5. The highest BCUT2D eigenvalue weighted by Gasteiger charge is 2.20.